The van der Waals surface area contributed by atoms with Crippen molar-refractivity contribution in [3.8, 4) is 10.9 Å². The van der Waals surface area contributed by atoms with Gasteiger partial charge in [0.1, 0.15) is 5.75 Å². The Kier molecular flexibility index (Phi) is 6.52. The van der Waals surface area contributed by atoms with E-state index < -0.39 is 0 Å². The number of nitrogens with zero attached hydrogens (tertiary/aromatic N) is 3. The Morgan fingerprint density at radius 3 is 2.61 bits per heavy atom. The summed E-state index contributed by atoms with van der Waals surface area (Å²) < 4.78 is 9.51. The number of para-hydroxylation sites is 1. The summed E-state index contributed by atoms with van der Waals surface area (Å²) in [5.41, 5.74) is 2.35. The molecule has 1 aliphatic heterocycles. The largest absolute Gasteiger partial charge is 0.431 e. The Labute approximate surface area is 175 Å². The Morgan fingerprint density at radius 1 is 1.14 bits per heavy atom. The average Bonchev–Trinajstić information content (AvgIpc) is 3.15. The van der Waals surface area contributed by atoms with Crippen LogP contribution >= 0.6 is 23.3 Å². The molecule has 1 aliphatic rings. The van der Waals surface area contributed by atoms with Crippen molar-refractivity contribution >= 4 is 33.5 Å². The first-order valence-electron chi connectivity index (χ1n) is 9.83. The van der Waals surface area contributed by atoms with Crippen LogP contribution in [0.15, 0.2) is 48.5 Å². The minimum atomic E-state index is 0.701. The highest BCUT2D eigenvalue weighted by atomic mass is 32.2. The number of hydrogen-bond acceptors (Lipinski definition) is 6. The fraction of sp³-hybridized carbons (Fsp3) is 0.409. The zero-order chi connectivity index (χ0) is 19.3. The normalized spacial score (nSPS) is 16.1. The van der Waals surface area contributed by atoms with Gasteiger partial charge in [0, 0.05) is 12.6 Å². The summed E-state index contributed by atoms with van der Waals surface area (Å²) in [4.78, 5) is 7.13. The Morgan fingerprint density at radius 2 is 1.89 bits per heavy atom. The number of likely N-dealkylation sites (tertiary alicyclic amines) is 1. The first-order chi connectivity index (χ1) is 13.7. The van der Waals surface area contributed by atoms with Crippen molar-refractivity contribution in [1.82, 2.24) is 14.2 Å². The summed E-state index contributed by atoms with van der Waals surface area (Å²) in [6.07, 6.45) is 5.79. The molecular weight excluding hydrogens is 386 g/mol. The van der Waals surface area contributed by atoms with Gasteiger partial charge < -0.3 is 9.64 Å². The molecular formula is C22H27N3OS2. The van der Waals surface area contributed by atoms with Gasteiger partial charge in [-0.25, -0.2) is 4.98 Å². The molecule has 0 unspecified atom stereocenters. The second-order valence-electron chi connectivity index (χ2n) is 7.25. The van der Waals surface area contributed by atoms with E-state index in [1.807, 2.05) is 30.1 Å². The van der Waals surface area contributed by atoms with Gasteiger partial charge in [-0.1, -0.05) is 47.6 Å². The number of thiazole rings is 1. The zero-order valence-corrected chi connectivity index (χ0v) is 18.1. The van der Waals surface area contributed by atoms with Gasteiger partial charge in [-0.2, -0.15) is 0 Å². The lowest BCUT2D eigenvalue weighted by Crippen LogP contribution is -2.41. The van der Waals surface area contributed by atoms with Crippen molar-refractivity contribution in [2.75, 3.05) is 32.9 Å². The molecule has 6 heteroatoms. The van der Waals surface area contributed by atoms with Crippen LogP contribution in [0.2, 0.25) is 0 Å². The van der Waals surface area contributed by atoms with E-state index >= 15 is 0 Å². The highest BCUT2D eigenvalue weighted by Crippen LogP contribution is 2.31. The number of fused-ring (bicyclic) bond motifs is 1. The maximum atomic E-state index is 5.95. The van der Waals surface area contributed by atoms with Crippen molar-refractivity contribution in [1.29, 1.82) is 0 Å². The number of benzene rings is 2. The molecule has 0 radical (unpaired) electrons. The maximum Gasteiger partial charge on any atom is 0.279 e. The van der Waals surface area contributed by atoms with Crippen LogP contribution in [0.25, 0.3) is 10.2 Å². The highest BCUT2D eigenvalue weighted by Gasteiger charge is 2.21. The molecule has 28 heavy (non-hydrogen) atoms. The molecule has 2 aromatic carbocycles. The Bertz CT molecular complexity index is 855. The molecule has 2 heterocycles. The minimum absolute atomic E-state index is 0.701. The lowest BCUT2D eigenvalue weighted by Gasteiger charge is -2.35. The molecule has 0 N–H and O–H groups in total. The fourth-order valence-electron chi connectivity index (χ4n) is 3.66. The van der Waals surface area contributed by atoms with Gasteiger partial charge in [-0.3, -0.25) is 4.31 Å². The number of ether oxygens (including phenoxy) is 1. The summed E-state index contributed by atoms with van der Waals surface area (Å²) >= 11 is 3.43. The molecule has 1 fully saturated rings. The molecule has 148 valence electrons. The van der Waals surface area contributed by atoms with E-state index in [2.05, 4.69) is 57.8 Å². The first-order valence-corrected chi connectivity index (χ1v) is 11.8. The number of aromatic nitrogens is 1. The van der Waals surface area contributed by atoms with Gasteiger partial charge in [-0.15, -0.1) is 0 Å². The van der Waals surface area contributed by atoms with Gasteiger partial charge in [-0.05, 0) is 75.5 Å². The molecule has 0 amide bonds. The van der Waals surface area contributed by atoms with E-state index in [0.29, 0.717) is 5.19 Å². The molecule has 0 bridgehead atoms. The molecule has 0 aliphatic carbocycles. The van der Waals surface area contributed by atoms with Crippen LogP contribution in [0.5, 0.6) is 10.9 Å². The Balaban J connectivity index is 1.27. The van der Waals surface area contributed by atoms with E-state index in [4.69, 9.17) is 4.74 Å². The standard InChI is InChI=1S/C22H27N3OS2/c1-24(27-2)18-12-15-25(16-13-18)14-11-17-7-9-19(10-8-17)26-22-23-20-5-3-4-6-21(20)28-22/h3-10,18H,11-16H2,1-2H3. The van der Waals surface area contributed by atoms with Crippen molar-refractivity contribution in [2.45, 2.75) is 25.3 Å². The lowest BCUT2D eigenvalue weighted by atomic mass is 10.0. The quantitative estimate of drug-likeness (QED) is 0.490. The molecule has 0 spiro atoms. The highest BCUT2D eigenvalue weighted by molar-refractivity contribution is 7.96. The predicted octanol–water partition coefficient (Wildman–Crippen LogP) is 5.31. The first kappa shape index (κ1) is 19.7. The van der Waals surface area contributed by atoms with E-state index in [-0.39, 0.29) is 0 Å². The van der Waals surface area contributed by atoms with Gasteiger partial charge in [0.15, 0.2) is 0 Å². The summed E-state index contributed by atoms with van der Waals surface area (Å²) in [6.45, 7) is 3.54. The second-order valence-corrected chi connectivity index (χ2v) is 9.18. The molecule has 4 nitrogen and oxygen atoms in total. The summed E-state index contributed by atoms with van der Waals surface area (Å²) in [5, 5.41) is 0.701. The van der Waals surface area contributed by atoms with E-state index in [9.17, 15) is 0 Å². The van der Waals surface area contributed by atoms with E-state index in [0.717, 1.165) is 35.0 Å². The third-order valence-corrected chi connectivity index (χ3v) is 7.27. The smallest absolute Gasteiger partial charge is 0.279 e. The van der Waals surface area contributed by atoms with Crippen LogP contribution in [0.3, 0.4) is 0 Å². The molecule has 4 rings (SSSR count). The SMILES string of the molecule is CSN(C)C1CCN(CCc2ccc(Oc3nc4ccccc4s3)cc2)CC1. The van der Waals surface area contributed by atoms with Crippen molar-refractivity contribution in [3.05, 3.63) is 54.1 Å². The Hall–Kier alpha value is -1.60. The van der Waals surface area contributed by atoms with Gasteiger partial charge in [0.05, 0.1) is 10.2 Å². The van der Waals surface area contributed by atoms with Crippen LogP contribution in [-0.4, -0.2) is 53.2 Å². The van der Waals surface area contributed by atoms with Gasteiger partial charge in [0.25, 0.3) is 5.19 Å². The third kappa shape index (κ3) is 4.87. The van der Waals surface area contributed by atoms with Crippen molar-refractivity contribution in [2.24, 2.45) is 0 Å². The van der Waals surface area contributed by atoms with Crippen LogP contribution in [0.1, 0.15) is 18.4 Å². The number of rotatable bonds is 7. The van der Waals surface area contributed by atoms with Gasteiger partial charge >= 0.3 is 0 Å². The van der Waals surface area contributed by atoms with Crippen LogP contribution in [0.4, 0.5) is 0 Å². The average molecular weight is 414 g/mol. The predicted molar refractivity (Wildman–Crippen MR) is 121 cm³/mol. The molecule has 1 aromatic heterocycles. The second kappa shape index (κ2) is 9.27. The number of piperidine rings is 1. The fourth-order valence-corrected chi connectivity index (χ4v) is 5.01. The molecule has 3 aromatic rings. The lowest BCUT2D eigenvalue weighted by molar-refractivity contribution is 0.177. The van der Waals surface area contributed by atoms with E-state index in [1.165, 1.54) is 31.5 Å². The number of hydrogen-bond donors (Lipinski definition) is 0. The van der Waals surface area contributed by atoms with Crippen molar-refractivity contribution < 1.29 is 4.74 Å². The van der Waals surface area contributed by atoms with Crippen molar-refractivity contribution in [3.63, 3.8) is 0 Å². The van der Waals surface area contributed by atoms with Gasteiger partial charge in [0.2, 0.25) is 0 Å². The van der Waals surface area contributed by atoms with Crippen LogP contribution < -0.4 is 4.74 Å². The molecule has 1 saturated heterocycles. The summed E-state index contributed by atoms with van der Waals surface area (Å²) in [7, 11) is 2.21. The van der Waals surface area contributed by atoms with Crippen LogP contribution in [-0.2, 0) is 6.42 Å². The third-order valence-electron chi connectivity index (χ3n) is 5.48. The summed E-state index contributed by atoms with van der Waals surface area (Å²) in [5.74, 6) is 0.851. The van der Waals surface area contributed by atoms with Crippen LogP contribution in [0, 0.1) is 0 Å². The summed E-state index contributed by atoms with van der Waals surface area (Å²) in [6, 6.07) is 17.3. The van der Waals surface area contributed by atoms with E-state index in [1.54, 1.807) is 11.3 Å². The molecule has 0 saturated carbocycles. The minimum Gasteiger partial charge on any atom is -0.431 e. The topological polar surface area (TPSA) is 28.6 Å². The zero-order valence-electron chi connectivity index (χ0n) is 16.5. The molecule has 0 atom stereocenters. The monoisotopic (exact) mass is 413 g/mol. The maximum absolute atomic E-state index is 5.95.